The van der Waals surface area contributed by atoms with Crippen molar-refractivity contribution in [3.05, 3.63) is 17.5 Å². The molecule has 1 aromatic rings. The highest BCUT2D eigenvalue weighted by Gasteiger charge is 2.11. The van der Waals surface area contributed by atoms with Gasteiger partial charge in [-0.1, -0.05) is 20.8 Å². The van der Waals surface area contributed by atoms with Crippen LogP contribution in [0, 0.1) is 11.8 Å². The highest BCUT2D eigenvalue weighted by molar-refractivity contribution is 5.16. The Balaban J connectivity index is 2.44. The summed E-state index contributed by atoms with van der Waals surface area (Å²) in [5, 5.41) is 7.92. The Morgan fingerprint density at radius 1 is 1.47 bits per heavy atom. The van der Waals surface area contributed by atoms with E-state index < -0.39 is 0 Å². The first-order valence-corrected chi connectivity index (χ1v) is 6.50. The lowest BCUT2D eigenvalue weighted by molar-refractivity contribution is 0.370. The van der Waals surface area contributed by atoms with Crippen molar-refractivity contribution in [2.24, 2.45) is 24.6 Å². The molecule has 0 aliphatic carbocycles. The lowest BCUT2D eigenvalue weighted by Crippen LogP contribution is -2.31. The highest BCUT2D eigenvalue weighted by atomic mass is 15.3. The largest absolute Gasteiger partial charge is 0.330 e. The summed E-state index contributed by atoms with van der Waals surface area (Å²) >= 11 is 0. The van der Waals surface area contributed by atoms with Gasteiger partial charge < -0.3 is 11.1 Å². The van der Waals surface area contributed by atoms with Gasteiger partial charge >= 0.3 is 0 Å². The van der Waals surface area contributed by atoms with E-state index in [0.717, 1.165) is 26.1 Å². The van der Waals surface area contributed by atoms with Gasteiger partial charge in [-0.3, -0.25) is 4.68 Å². The van der Waals surface area contributed by atoms with Crippen LogP contribution in [0.15, 0.2) is 6.20 Å². The van der Waals surface area contributed by atoms with E-state index in [1.165, 1.54) is 11.3 Å². The predicted molar refractivity (Wildman–Crippen MR) is 71.7 cm³/mol. The van der Waals surface area contributed by atoms with E-state index in [9.17, 15) is 0 Å². The Bertz CT molecular complexity index is 330. The van der Waals surface area contributed by atoms with Gasteiger partial charge in [-0.2, -0.15) is 5.10 Å². The molecular formula is C13H26N4. The van der Waals surface area contributed by atoms with Crippen molar-refractivity contribution in [1.82, 2.24) is 15.1 Å². The SMILES string of the molecule is CCc1nn(C)cc1CNCC(CN)C(C)C. The van der Waals surface area contributed by atoms with Gasteiger partial charge in [-0.05, 0) is 31.3 Å². The van der Waals surface area contributed by atoms with Crippen molar-refractivity contribution < 1.29 is 0 Å². The van der Waals surface area contributed by atoms with Gasteiger partial charge in [-0.15, -0.1) is 0 Å². The molecule has 4 heteroatoms. The van der Waals surface area contributed by atoms with Crippen LogP contribution >= 0.6 is 0 Å². The van der Waals surface area contributed by atoms with Gasteiger partial charge in [0.25, 0.3) is 0 Å². The summed E-state index contributed by atoms with van der Waals surface area (Å²) in [6.45, 7) is 9.20. The van der Waals surface area contributed by atoms with Crippen molar-refractivity contribution in [1.29, 1.82) is 0 Å². The molecule has 1 atom stereocenters. The summed E-state index contributed by atoms with van der Waals surface area (Å²) in [4.78, 5) is 0. The van der Waals surface area contributed by atoms with Crippen molar-refractivity contribution in [2.75, 3.05) is 13.1 Å². The molecule has 0 bridgehead atoms. The van der Waals surface area contributed by atoms with Crippen molar-refractivity contribution in [3.8, 4) is 0 Å². The average Bonchev–Trinajstić information content (AvgIpc) is 2.64. The van der Waals surface area contributed by atoms with E-state index in [1.54, 1.807) is 0 Å². The molecular weight excluding hydrogens is 212 g/mol. The Morgan fingerprint density at radius 3 is 2.71 bits per heavy atom. The third kappa shape index (κ3) is 4.13. The molecule has 4 nitrogen and oxygen atoms in total. The minimum absolute atomic E-state index is 0.553. The first kappa shape index (κ1) is 14.2. The smallest absolute Gasteiger partial charge is 0.0666 e. The van der Waals surface area contributed by atoms with E-state index in [1.807, 2.05) is 11.7 Å². The van der Waals surface area contributed by atoms with E-state index in [0.29, 0.717) is 11.8 Å². The first-order valence-electron chi connectivity index (χ1n) is 6.50. The van der Waals surface area contributed by atoms with Crippen LogP contribution in [0.2, 0.25) is 0 Å². The standard InChI is InChI=1S/C13H26N4/c1-5-13-12(9-17(4)16-13)8-15-7-11(6-14)10(2)3/h9-11,15H,5-8,14H2,1-4H3. The van der Waals surface area contributed by atoms with Crippen molar-refractivity contribution >= 4 is 0 Å². The fourth-order valence-electron chi connectivity index (χ4n) is 2.01. The first-order chi connectivity index (χ1) is 8.08. The zero-order chi connectivity index (χ0) is 12.8. The van der Waals surface area contributed by atoms with Crippen LogP contribution in [0.3, 0.4) is 0 Å². The molecule has 0 radical (unpaired) electrons. The second kappa shape index (κ2) is 6.77. The van der Waals surface area contributed by atoms with E-state index >= 15 is 0 Å². The molecule has 0 saturated heterocycles. The summed E-state index contributed by atoms with van der Waals surface area (Å²) in [6.07, 6.45) is 3.08. The fourth-order valence-corrected chi connectivity index (χ4v) is 2.01. The Morgan fingerprint density at radius 2 is 2.18 bits per heavy atom. The molecule has 0 spiro atoms. The second-order valence-electron chi connectivity index (χ2n) is 5.00. The maximum Gasteiger partial charge on any atom is 0.0666 e. The van der Waals surface area contributed by atoms with Crippen molar-refractivity contribution in [3.63, 3.8) is 0 Å². The van der Waals surface area contributed by atoms with Gasteiger partial charge in [0.2, 0.25) is 0 Å². The van der Waals surface area contributed by atoms with Crippen LogP contribution in [0.5, 0.6) is 0 Å². The van der Waals surface area contributed by atoms with Crippen molar-refractivity contribution in [2.45, 2.75) is 33.7 Å². The lowest BCUT2D eigenvalue weighted by atomic mass is 9.96. The van der Waals surface area contributed by atoms with Gasteiger partial charge in [0, 0.05) is 25.4 Å². The molecule has 17 heavy (non-hydrogen) atoms. The monoisotopic (exact) mass is 238 g/mol. The van der Waals surface area contributed by atoms with Crippen LogP contribution in [-0.4, -0.2) is 22.9 Å². The number of hydrogen-bond donors (Lipinski definition) is 2. The summed E-state index contributed by atoms with van der Waals surface area (Å²) < 4.78 is 1.89. The molecule has 1 aromatic heterocycles. The highest BCUT2D eigenvalue weighted by Crippen LogP contribution is 2.09. The molecule has 0 aliphatic rings. The number of aromatic nitrogens is 2. The van der Waals surface area contributed by atoms with Gasteiger partial charge in [-0.25, -0.2) is 0 Å². The quantitative estimate of drug-likeness (QED) is 0.753. The topological polar surface area (TPSA) is 55.9 Å². The molecule has 0 amide bonds. The Hall–Kier alpha value is -0.870. The zero-order valence-electron chi connectivity index (χ0n) is 11.5. The number of nitrogens with zero attached hydrogens (tertiary/aromatic N) is 2. The van der Waals surface area contributed by atoms with Gasteiger partial charge in [0.15, 0.2) is 0 Å². The number of nitrogens with two attached hydrogens (primary N) is 1. The van der Waals surface area contributed by atoms with Crippen LogP contribution < -0.4 is 11.1 Å². The van der Waals surface area contributed by atoms with Crippen LogP contribution in [0.25, 0.3) is 0 Å². The molecule has 0 aliphatic heterocycles. The second-order valence-corrected chi connectivity index (χ2v) is 5.00. The zero-order valence-corrected chi connectivity index (χ0v) is 11.5. The van der Waals surface area contributed by atoms with Crippen LogP contribution in [0.1, 0.15) is 32.0 Å². The molecule has 1 heterocycles. The number of rotatable bonds is 7. The minimum Gasteiger partial charge on any atom is -0.330 e. The van der Waals surface area contributed by atoms with Gasteiger partial charge in [0.05, 0.1) is 5.69 Å². The maximum atomic E-state index is 5.76. The molecule has 98 valence electrons. The predicted octanol–water partition coefficient (Wildman–Crippen LogP) is 1.30. The maximum absolute atomic E-state index is 5.76. The van der Waals surface area contributed by atoms with Crippen LogP contribution in [0.4, 0.5) is 0 Å². The number of aryl methyl sites for hydroxylation is 2. The molecule has 0 aromatic carbocycles. The normalized spacial score (nSPS) is 13.3. The number of hydrogen-bond acceptors (Lipinski definition) is 3. The molecule has 1 unspecified atom stereocenters. The molecule has 0 saturated carbocycles. The molecule has 3 N–H and O–H groups in total. The third-order valence-corrected chi connectivity index (χ3v) is 3.29. The molecule has 1 rings (SSSR count). The summed E-state index contributed by atoms with van der Waals surface area (Å²) in [7, 11) is 1.97. The Labute approximate surface area is 105 Å². The fraction of sp³-hybridized carbons (Fsp3) is 0.769. The number of nitrogens with one attached hydrogen (secondary N) is 1. The van der Waals surface area contributed by atoms with Gasteiger partial charge in [0.1, 0.15) is 0 Å². The summed E-state index contributed by atoms with van der Waals surface area (Å²) in [6, 6.07) is 0. The molecule has 0 fully saturated rings. The summed E-state index contributed by atoms with van der Waals surface area (Å²) in [5.41, 5.74) is 8.25. The Kier molecular flexibility index (Phi) is 5.65. The minimum atomic E-state index is 0.553. The summed E-state index contributed by atoms with van der Waals surface area (Å²) in [5.74, 6) is 1.18. The van der Waals surface area contributed by atoms with E-state index in [4.69, 9.17) is 5.73 Å². The lowest BCUT2D eigenvalue weighted by Gasteiger charge is -2.19. The van der Waals surface area contributed by atoms with Crippen LogP contribution in [-0.2, 0) is 20.0 Å². The average molecular weight is 238 g/mol. The van der Waals surface area contributed by atoms with E-state index in [-0.39, 0.29) is 0 Å². The van der Waals surface area contributed by atoms with E-state index in [2.05, 4.69) is 37.4 Å². The third-order valence-electron chi connectivity index (χ3n) is 3.29.